The minimum absolute atomic E-state index is 0.0685. The van der Waals surface area contributed by atoms with E-state index in [1.807, 2.05) is 37.3 Å². The van der Waals surface area contributed by atoms with Crippen LogP contribution in [0.25, 0.3) is 11.0 Å². The number of methoxy groups -OCH3 is 1. The SMILES string of the molecule is CCc1ccc(C(=O)C(C)OC(=O)c2oc3ccccc3c2COC)cc1. The van der Waals surface area contributed by atoms with Gasteiger partial charge in [0, 0.05) is 23.6 Å². The molecule has 3 aromatic rings. The molecule has 0 aliphatic carbocycles. The van der Waals surface area contributed by atoms with Gasteiger partial charge in [0.15, 0.2) is 6.10 Å². The summed E-state index contributed by atoms with van der Waals surface area (Å²) >= 11 is 0. The Morgan fingerprint density at radius 1 is 1.07 bits per heavy atom. The van der Waals surface area contributed by atoms with Crippen molar-refractivity contribution >= 4 is 22.7 Å². The largest absolute Gasteiger partial charge is 0.449 e. The van der Waals surface area contributed by atoms with Crippen molar-refractivity contribution in [2.45, 2.75) is 33.0 Å². The van der Waals surface area contributed by atoms with E-state index in [1.165, 1.54) is 0 Å². The van der Waals surface area contributed by atoms with Crippen LogP contribution in [0, 0.1) is 0 Å². The minimum Gasteiger partial charge on any atom is -0.449 e. The lowest BCUT2D eigenvalue weighted by molar-refractivity contribution is 0.0286. The number of ether oxygens (including phenoxy) is 2. The van der Waals surface area contributed by atoms with Crippen molar-refractivity contribution < 1.29 is 23.5 Å². The van der Waals surface area contributed by atoms with Crippen LogP contribution >= 0.6 is 0 Å². The van der Waals surface area contributed by atoms with Crippen molar-refractivity contribution in [3.8, 4) is 0 Å². The van der Waals surface area contributed by atoms with Crippen LogP contribution in [0.4, 0.5) is 0 Å². The van der Waals surface area contributed by atoms with E-state index in [9.17, 15) is 9.59 Å². The summed E-state index contributed by atoms with van der Waals surface area (Å²) in [5, 5.41) is 0.792. The molecule has 0 fully saturated rings. The molecule has 3 rings (SSSR count). The molecular formula is C22H22O5. The number of esters is 1. The number of hydrogen-bond donors (Lipinski definition) is 0. The summed E-state index contributed by atoms with van der Waals surface area (Å²) < 4.78 is 16.2. The lowest BCUT2D eigenvalue weighted by atomic mass is 10.0. The van der Waals surface area contributed by atoms with Crippen molar-refractivity contribution in [1.82, 2.24) is 0 Å². The lowest BCUT2D eigenvalue weighted by Gasteiger charge is -2.12. The maximum atomic E-state index is 12.6. The van der Waals surface area contributed by atoms with Gasteiger partial charge in [0.2, 0.25) is 11.5 Å². The molecule has 27 heavy (non-hydrogen) atoms. The zero-order valence-corrected chi connectivity index (χ0v) is 15.7. The molecule has 0 spiro atoms. The molecule has 0 aliphatic rings. The Labute approximate surface area is 157 Å². The molecule has 0 amide bonds. The Bertz CT molecular complexity index is 952. The highest BCUT2D eigenvalue weighted by atomic mass is 16.6. The van der Waals surface area contributed by atoms with E-state index in [1.54, 1.807) is 32.2 Å². The third kappa shape index (κ3) is 3.93. The molecule has 1 unspecified atom stereocenters. The number of benzene rings is 2. The fraction of sp³-hybridized carbons (Fsp3) is 0.273. The molecule has 0 saturated heterocycles. The number of Topliss-reactive ketones (excluding diaryl/α,β-unsaturated/α-hetero) is 1. The number of rotatable bonds is 7. The quantitative estimate of drug-likeness (QED) is 0.453. The number of carbonyl (C=O) groups is 2. The fourth-order valence-corrected chi connectivity index (χ4v) is 2.96. The van der Waals surface area contributed by atoms with Crippen LogP contribution in [0.2, 0.25) is 0 Å². The van der Waals surface area contributed by atoms with Gasteiger partial charge in [0.25, 0.3) is 0 Å². The first-order valence-corrected chi connectivity index (χ1v) is 8.88. The van der Waals surface area contributed by atoms with Gasteiger partial charge in [-0.05, 0) is 25.0 Å². The Hall–Kier alpha value is -2.92. The molecule has 1 heterocycles. The highest BCUT2D eigenvalue weighted by Gasteiger charge is 2.26. The normalized spacial score (nSPS) is 12.1. The van der Waals surface area contributed by atoms with Gasteiger partial charge in [-0.1, -0.05) is 49.4 Å². The van der Waals surface area contributed by atoms with Gasteiger partial charge in [0.1, 0.15) is 5.58 Å². The van der Waals surface area contributed by atoms with Gasteiger partial charge in [0.05, 0.1) is 6.61 Å². The third-order valence-corrected chi connectivity index (χ3v) is 4.47. The predicted octanol–water partition coefficient (Wildman–Crippen LogP) is 4.57. The Morgan fingerprint density at radius 3 is 2.44 bits per heavy atom. The summed E-state index contributed by atoms with van der Waals surface area (Å²) in [7, 11) is 1.54. The topological polar surface area (TPSA) is 65.7 Å². The van der Waals surface area contributed by atoms with Crippen molar-refractivity contribution in [2.75, 3.05) is 7.11 Å². The van der Waals surface area contributed by atoms with E-state index >= 15 is 0 Å². The fourth-order valence-electron chi connectivity index (χ4n) is 2.96. The number of aryl methyl sites for hydroxylation is 1. The minimum atomic E-state index is -0.923. The van der Waals surface area contributed by atoms with Crippen molar-refractivity contribution in [3.05, 3.63) is 71.0 Å². The molecule has 140 valence electrons. The highest BCUT2D eigenvalue weighted by molar-refractivity contribution is 6.02. The van der Waals surface area contributed by atoms with Gasteiger partial charge in [-0.15, -0.1) is 0 Å². The number of para-hydroxylation sites is 1. The molecule has 1 aromatic heterocycles. The third-order valence-electron chi connectivity index (χ3n) is 4.47. The lowest BCUT2D eigenvalue weighted by Crippen LogP contribution is -2.24. The van der Waals surface area contributed by atoms with Crippen LogP contribution in [-0.4, -0.2) is 25.0 Å². The van der Waals surface area contributed by atoms with E-state index < -0.39 is 12.1 Å². The molecule has 5 heteroatoms. The van der Waals surface area contributed by atoms with E-state index in [0.717, 1.165) is 17.4 Å². The summed E-state index contributed by atoms with van der Waals surface area (Å²) in [5.74, 6) is -0.862. The number of carbonyl (C=O) groups excluding carboxylic acids is 2. The molecule has 0 saturated carbocycles. The van der Waals surface area contributed by atoms with Crippen LogP contribution in [0.1, 0.15) is 45.9 Å². The van der Waals surface area contributed by atoms with Crippen LogP contribution in [0.3, 0.4) is 0 Å². The number of fused-ring (bicyclic) bond motifs is 1. The van der Waals surface area contributed by atoms with E-state index in [4.69, 9.17) is 13.9 Å². The second-order valence-electron chi connectivity index (χ2n) is 6.30. The molecule has 2 aromatic carbocycles. The summed E-state index contributed by atoms with van der Waals surface area (Å²) in [6.07, 6.45) is -0.0264. The summed E-state index contributed by atoms with van der Waals surface area (Å²) in [6.45, 7) is 3.82. The first kappa shape index (κ1) is 18.9. The van der Waals surface area contributed by atoms with Crippen LogP contribution in [0.5, 0.6) is 0 Å². The molecule has 1 atom stereocenters. The van der Waals surface area contributed by atoms with Crippen LogP contribution < -0.4 is 0 Å². The van der Waals surface area contributed by atoms with Crippen LogP contribution in [0.15, 0.2) is 52.9 Å². The summed E-state index contributed by atoms with van der Waals surface area (Å²) in [4.78, 5) is 25.2. The second kappa shape index (κ2) is 8.18. The molecule has 0 radical (unpaired) electrons. The van der Waals surface area contributed by atoms with Gasteiger partial charge >= 0.3 is 5.97 Å². The first-order valence-electron chi connectivity index (χ1n) is 8.88. The van der Waals surface area contributed by atoms with E-state index in [0.29, 0.717) is 16.7 Å². The van der Waals surface area contributed by atoms with Crippen molar-refractivity contribution in [3.63, 3.8) is 0 Å². The Morgan fingerprint density at radius 2 is 1.78 bits per heavy atom. The maximum absolute atomic E-state index is 12.6. The zero-order chi connectivity index (χ0) is 19.4. The maximum Gasteiger partial charge on any atom is 0.375 e. The number of hydrogen-bond acceptors (Lipinski definition) is 5. The van der Waals surface area contributed by atoms with E-state index in [2.05, 4.69) is 0 Å². The van der Waals surface area contributed by atoms with Crippen LogP contribution in [-0.2, 0) is 22.5 Å². The van der Waals surface area contributed by atoms with Crippen molar-refractivity contribution in [2.24, 2.45) is 0 Å². The second-order valence-corrected chi connectivity index (χ2v) is 6.30. The average molecular weight is 366 g/mol. The predicted molar refractivity (Wildman–Crippen MR) is 102 cm³/mol. The van der Waals surface area contributed by atoms with Gasteiger partial charge < -0.3 is 13.9 Å². The Kier molecular flexibility index (Phi) is 5.72. The van der Waals surface area contributed by atoms with Gasteiger partial charge in [-0.25, -0.2) is 4.79 Å². The monoisotopic (exact) mass is 366 g/mol. The Balaban J connectivity index is 1.80. The zero-order valence-electron chi connectivity index (χ0n) is 15.7. The molecule has 0 aliphatic heterocycles. The standard InChI is InChI=1S/C22H22O5/c1-4-15-9-11-16(12-10-15)20(23)14(2)26-22(24)21-18(13-25-3)17-7-5-6-8-19(17)27-21/h5-12,14H,4,13H2,1-3H3. The van der Waals surface area contributed by atoms with Gasteiger partial charge in [-0.3, -0.25) is 4.79 Å². The number of ketones is 1. The molecule has 0 N–H and O–H groups in total. The molecule has 0 bridgehead atoms. The van der Waals surface area contributed by atoms with Gasteiger partial charge in [-0.2, -0.15) is 0 Å². The summed E-state index contributed by atoms with van der Waals surface area (Å²) in [6, 6.07) is 14.6. The summed E-state index contributed by atoms with van der Waals surface area (Å²) in [5.41, 5.74) is 2.84. The molecular weight excluding hydrogens is 344 g/mol. The first-order chi connectivity index (χ1) is 13.0. The highest BCUT2D eigenvalue weighted by Crippen LogP contribution is 2.27. The molecule has 5 nitrogen and oxygen atoms in total. The van der Waals surface area contributed by atoms with E-state index in [-0.39, 0.29) is 18.2 Å². The van der Waals surface area contributed by atoms with Crippen molar-refractivity contribution in [1.29, 1.82) is 0 Å². The smallest absolute Gasteiger partial charge is 0.375 e. The average Bonchev–Trinajstić information content (AvgIpc) is 3.06. The number of furan rings is 1.